The smallest absolute Gasteiger partial charge is 0.241 e. The molecule has 118 valence electrons. The first-order valence-corrected chi connectivity index (χ1v) is 9.87. The zero-order valence-electron chi connectivity index (χ0n) is 12.1. The molecule has 0 spiro atoms. The summed E-state index contributed by atoms with van der Waals surface area (Å²) in [5.41, 5.74) is 0. The molecule has 1 aliphatic rings. The van der Waals surface area contributed by atoms with Crippen molar-refractivity contribution in [3.8, 4) is 0 Å². The maximum absolute atomic E-state index is 12.6. The highest BCUT2D eigenvalue weighted by Gasteiger charge is 2.38. The van der Waals surface area contributed by atoms with Crippen molar-refractivity contribution in [1.82, 2.24) is 9.21 Å². The number of halogens is 1. The van der Waals surface area contributed by atoms with Crippen LogP contribution in [0.4, 0.5) is 0 Å². The van der Waals surface area contributed by atoms with Gasteiger partial charge in [0, 0.05) is 18.0 Å². The van der Waals surface area contributed by atoms with Gasteiger partial charge in [-0.25, -0.2) is 8.42 Å². The quantitative estimate of drug-likeness (QED) is 0.817. The predicted octanol–water partition coefficient (Wildman–Crippen LogP) is 2.17. The summed E-state index contributed by atoms with van der Waals surface area (Å²) in [6, 6.07) is 3.14. The lowest BCUT2D eigenvalue weighted by molar-refractivity contribution is -0.135. The normalized spacial score (nSPS) is 19.9. The Balaban J connectivity index is 2.12. The number of hydrogen-bond donors (Lipinski definition) is 0. The molecule has 1 saturated heterocycles. The van der Waals surface area contributed by atoms with Gasteiger partial charge in [-0.3, -0.25) is 4.79 Å². The molecule has 0 aliphatic carbocycles. The molecule has 2 heterocycles. The van der Waals surface area contributed by atoms with Gasteiger partial charge in [-0.1, -0.05) is 11.6 Å². The van der Waals surface area contributed by atoms with Gasteiger partial charge in [0.2, 0.25) is 15.9 Å². The molecular formula is C13H19ClN2O3S2. The molecule has 0 bridgehead atoms. The second-order valence-electron chi connectivity index (χ2n) is 5.09. The minimum atomic E-state index is -3.34. The maximum Gasteiger partial charge on any atom is 0.241 e. The van der Waals surface area contributed by atoms with Gasteiger partial charge in [-0.15, -0.1) is 11.3 Å². The lowest BCUT2D eigenvalue weighted by atomic mass is 10.2. The number of amides is 1. The molecule has 1 unspecified atom stereocenters. The van der Waals surface area contributed by atoms with Gasteiger partial charge in [-0.2, -0.15) is 4.31 Å². The highest BCUT2D eigenvalue weighted by Crippen LogP contribution is 2.25. The minimum Gasteiger partial charge on any atom is -0.336 e. The molecule has 0 saturated carbocycles. The summed E-state index contributed by atoms with van der Waals surface area (Å²) in [5, 5.41) is 0. The second-order valence-corrected chi connectivity index (χ2v) is 8.82. The molecule has 2 rings (SSSR count). The maximum atomic E-state index is 12.6. The SMILES string of the molecule is CCN(Cc1ccc(Cl)s1)C(=O)C1CCCN1S(C)(=O)=O. The Morgan fingerprint density at radius 2 is 2.24 bits per heavy atom. The van der Waals surface area contributed by atoms with Gasteiger partial charge >= 0.3 is 0 Å². The number of sulfonamides is 1. The monoisotopic (exact) mass is 350 g/mol. The Hall–Kier alpha value is -0.630. The van der Waals surface area contributed by atoms with Crippen LogP contribution in [0, 0.1) is 0 Å². The molecule has 1 amide bonds. The van der Waals surface area contributed by atoms with Crippen LogP contribution in [0.15, 0.2) is 12.1 Å². The number of nitrogens with zero attached hydrogens (tertiary/aromatic N) is 2. The first-order valence-electron chi connectivity index (χ1n) is 6.82. The molecule has 21 heavy (non-hydrogen) atoms. The van der Waals surface area contributed by atoms with E-state index in [9.17, 15) is 13.2 Å². The summed E-state index contributed by atoms with van der Waals surface area (Å²) in [4.78, 5) is 15.3. The topological polar surface area (TPSA) is 57.7 Å². The van der Waals surface area contributed by atoms with E-state index >= 15 is 0 Å². The average Bonchev–Trinajstić information content (AvgIpc) is 3.03. The lowest BCUT2D eigenvalue weighted by Gasteiger charge is -2.28. The fourth-order valence-corrected chi connectivity index (χ4v) is 4.79. The van der Waals surface area contributed by atoms with Crippen molar-refractivity contribution in [2.24, 2.45) is 0 Å². The van der Waals surface area contributed by atoms with Gasteiger partial charge in [0.25, 0.3) is 0 Å². The molecule has 5 nitrogen and oxygen atoms in total. The largest absolute Gasteiger partial charge is 0.336 e. The zero-order chi connectivity index (χ0) is 15.6. The van der Waals surface area contributed by atoms with E-state index in [0.717, 1.165) is 17.6 Å². The van der Waals surface area contributed by atoms with Crippen LogP contribution >= 0.6 is 22.9 Å². The van der Waals surface area contributed by atoms with E-state index in [0.29, 0.717) is 30.4 Å². The number of likely N-dealkylation sites (N-methyl/N-ethyl adjacent to an activating group) is 1. The summed E-state index contributed by atoms with van der Waals surface area (Å²) in [6.45, 7) is 3.34. The van der Waals surface area contributed by atoms with E-state index in [4.69, 9.17) is 11.6 Å². The van der Waals surface area contributed by atoms with Crippen LogP contribution < -0.4 is 0 Å². The van der Waals surface area contributed by atoms with Gasteiger partial charge in [0.15, 0.2) is 0 Å². The van der Waals surface area contributed by atoms with Crippen LogP contribution in [0.2, 0.25) is 4.34 Å². The van der Waals surface area contributed by atoms with E-state index in [1.165, 1.54) is 15.6 Å². The van der Waals surface area contributed by atoms with E-state index in [2.05, 4.69) is 0 Å². The fraction of sp³-hybridized carbons (Fsp3) is 0.615. The predicted molar refractivity (Wildman–Crippen MR) is 85.0 cm³/mol. The molecular weight excluding hydrogens is 332 g/mol. The Labute approximate surface area is 134 Å². The summed E-state index contributed by atoms with van der Waals surface area (Å²) >= 11 is 7.34. The molecule has 0 radical (unpaired) electrons. The molecule has 1 aromatic heterocycles. The summed E-state index contributed by atoms with van der Waals surface area (Å²) < 4.78 is 25.5. The molecule has 1 aliphatic heterocycles. The van der Waals surface area contributed by atoms with Crippen LogP contribution in [-0.4, -0.2) is 48.9 Å². The standard InChI is InChI=1S/C13H19ClN2O3S2/c1-3-15(9-10-6-7-12(14)20-10)13(17)11-5-4-8-16(11)21(2,18)19/h6-7,11H,3-5,8-9H2,1-2H3. The highest BCUT2D eigenvalue weighted by molar-refractivity contribution is 7.88. The van der Waals surface area contributed by atoms with Crippen molar-refractivity contribution in [2.75, 3.05) is 19.3 Å². The van der Waals surface area contributed by atoms with Crippen molar-refractivity contribution in [1.29, 1.82) is 0 Å². The third-order valence-corrected chi connectivity index (χ3v) is 6.09. The Kier molecular flexibility index (Phi) is 5.29. The Morgan fingerprint density at radius 3 is 2.76 bits per heavy atom. The van der Waals surface area contributed by atoms with E-state index in [1.807, 2.05) is 13.0 Å². The van der Waals surface area contributed by atoms with Gasteiger partial charge in [0.05, 0.1) is 17.1 Å². The first kappa shape index (κ1) is 16.7. The van der Waals surface area contributed by atoms with Crippen LogP contribution in [0.3, 0.4) is 0 Å². The van der Waals surface area contributed by atoms with Crippen LogP contribution in [-0.2, 0) is 21.4 Å². The summed E-state index contributed by atoms with van der Waals surface area (Å²) in [6.07, 6.45) is 2.48. The number of carbonyl (C=O) groups excluding carboxylic acids is 1. The van der Waals surface area contributed by atoms with Gasteiger partial charge in [-0.05, 0) is 31.9 Å². The third-order valence-electron chi connectivity index (χ3n) is 3.58. The number of hydrogen-bond acceptors (Lipinski definition) is 4. The van der Waals surface area contributed by atoms with E-state index in [1.54, 1.807) is 11.0 Å². The molecule has 1 atom stereocenters. The fourth-order valence-electron chi connectivity index (χ4n) is 2.57. The van der Waals surface area contributed by atoms with Gasteiger partial charge < -0.3 is 4.90 Å². The van der Waals surface area contributed by atoms with Gasteiger partial charge in [0.1, 0.15) is 6.04 Å². The van der Waals surface area contributed by atoms with Crippen molar-refractivity contribution in [2.45, 2.75) is 32.4 Å². The summed E-state index contributed by atoms with van der Waals surface area (Å²) in [5.74, 6) is -0.120. The lowest BCUT2D eigenvalue weighted by Crippen LogP contribution is -2.47. The number of thiophene rings is 1. The van der Waals surface area contributed by atoms with Crippen LogP contribution in [0.1, 0.15) is 24.6 Å². The molecule has 1 fully saturated rings. The zero-order valence-corrected chi connectivity index (χ0v) is 14.5. The number of carbonyl (C=O) groups is 1. The van der Waals surface area contributed by atoms with E-state index in [-0.39, 0.29) is 5.91 Å². The average molecular weight is 351 g/mol. The van der Waals surface area contributed by atoms with E-state index < -0.39 is 16.1 Å². The molecule has 0 aromatic carbocycles. The third kappa shape index (κ3) is 3.97. The van der Waals surface area contributed by atoms with Crippen LogP contribution in [0.5, 0.6) is 0 Å². The Morgan fingerprint density at radius 1 is 1.52 bits per heavy atom. The number of rotatable bonds is 5. The van der Waals surface area contributed by atoms with Crippen LogP contribution in [0.25, 0.3) is 0 Å². The van der Waals surface area contributed by atoms with Crippen molar-refractivity contribution < 1.29 is 13.2 Å². The highest BCUT2D eigenvalue weighted by atomic mass is 35.5. The Bertz CT molecular complexity index is 615. The first-order chi connectivity index (χ1) is 9.82. The van der Waals surface area contributed by atoms with Crippen molar-refractivity contribution in [3.05, 3.63) is 21.3 Å². The molecule has 0 N–H and O–H groups in total. The summed E-state index contributed by atoms with van der Waals surface area (Å²) in [7, 11) is -3.34. The second kappa shape index (κ2) is 6.64. The van der Waals surface area contributed by atoms with Crippen molar-refractivity contribution >= 4 is 38.9 Å². The van der Waals surface area contributed by atoms with Crippen molar-refractivity contribution in [3.63, 3.8) is 0 Å². The minimum absolute atomic E-state index is 0.120. The molecule has 1 aromatic rings. The molecule has 8 heteroatoms.